The lowest BCUT2D eigenvalue weighted by atomic mass is 10.0. The maximum absolute atomic E-state index is 12.5. The Kier molecular flexibility index (Phi) is 11.7. The van der Waals surface area contributed by atoms with Crippen LogP contribution in [0.1, 0.15) is 60.3 Å². The van der Waals surface area contributed by atoms with Gasteiger partial charge in [-0.3, -0.25) is 19.2 Å². The van der Waals surface area contributed by atoms with Gasteiger partial charge in [-0.2, -0.15) is 0 Å². The van der Waals surface area contributed by atoms with Crippen LogP contribution < -0.4 is 16.0 Å². The van der Waals surface area contributed by atoms with Crippen LogP contribution >= 0.6 is 0 Å². The van der Waals surface area contributed by atoms with Crippen LogP contribution in [0.15, 0.2) is 83.6 Å². The van der Waals surface area contributed by atoms with Crippen LogP contribution in [0.4, 0.5) is 0 Å². The first-order chi connectivity index (χ1) is 23.4. The van der Waals surface area contributed by atoms with Crippen molar-refractivity contribution in [2.75, 3.05) is 13.2 Å². The highest BCUT2D eigenvalue weighted by Gasteiger charge is 2.24. The van der Waals surface area contributed by atoms with E-state index in [9.17, 15) is 19.2 Å². The molecule has 0 fully saturated rings. The molecule has 0 spiro atoms. The summed E-state index contributed by atoms with van der Waals surface area (Å²) < 4.78 is 10.5. The molecule has 0 aromatic carbocycles. The van der Waals surface area contributed by atoms with E-state index in [2.05, 4.69) is 46.6 Å². The highest BCUT2D eigenvalue weighted by Crippen LogP contribution is 2.28. The SMILES string of the molecule is C=CCOC(=O)CCc1c(/C=c2\[nH]/c(=C\C3=NC(=O)C(C=C)=C3C)c(C)c2CCC(=O)OCC=C)[nH]c(/C=C2\NC(=O)C(C)=C2C=C)c1C. The maximum atomic E-state index is 12.5. The number of ether oxygens (including phenoxy) is 2. The number of nitrogens with zero attached hydrogens (tertiary/aromatic N) is 1. The number of hydrogen-bond donors (Lipinski definition) is 3. The topological polar surface area (TPSA) is 143 Å². The number of carbonyl (C=O) groups is 4. The van der Waals surface area contributed by atoms with Crippen LogP contribution in [-0.4, -0.2) is 52.6 Å². The van der Waals surface area contributed by atoms with Gasteiger partial charge in [0.15, 0.2) is 0 Å². The smallest absolute Gasteiger partial charge is 0.306 e. The molecule has 0 radical (unpaired) electrons. The zero-order chi connectivity index (χ0) is 35.8. The van der Waals surface area contributed by atoms with Gasteiger partial charge >= 0.3 is 11.9 Å². The third-order valence-electron chi connectivity index (χ3n) is 8.58. The molecular formula is C39H42N4O6. The molecule has 2 amide bonds. The first kappa shape index (κ1) is 36.1. The lowest BCUT2D eigenvalue weighted by Gasteiger charge is -2.05. The molecule has 2 aliphatic rings. The molecule has 4 heterocycles. The van der Waals surface area contributed by atoms with E-state index in [1.54, 1.807) is 13.0 Å². The zero-order valence-corrected chi connectivity index (χ0v) is 28.5. The molecule has 3 N–H and O–H groups in total. The minimum Gasteiger partial charge on any atom is -0.461 e. The molecule has 0 unspecified atom stereocenters. The van der Waals surface area contributed by atoms with E-state index < -0.39 is 0 Å². The fourth-order valence-electron chi connectivity index (χ4n) is 5.78. The van der Waals surface area contributed by atoms with Gasteiger partial charge in [-0.1, -0.05) is 50.6 Å². The van der Waals surface area contributed by atoms with Crippen LogP contribution in [0.3, 0.4) is 0 Å². The fourth-order valence-corrected chi connectivity index (χ4v) is 5.78. The molecule has 0 atom stereocenters. The predicted molar refractivity (Wildman–Crippen MR) is 192 cm³/mol. The van der Waals surface area contributed by atoms with E-state index in [4.69, 9.17) is 9.47 Å². The van der Waals surface area contributed by atoms with Gasteiger partial charge in [0.1, 0.15) is 13.2 Å². The lowest BCUT2D eigenvalue weighted by Crippen LogP contribution is -2.15. The number of amides is 2. The fraction of sp³-hybridized carbons (Fsp3) is 0.256. The largest absolute Gasteiger partial charge is 0.461 e. The van der Waals surface area contributed by atoms with Crippen molar-refractivity contribution < 1.29 is 28.7 Å². The van der Waals surface area contributed by atoms with Crippen molar-refractivity contribution in [2.24, 2.45) is 4.99 Å². The summed E-state index contributed by atoms with van der Waals surface area (Å²) in [5.74, 6) is -1.26. The zero-order valence-electron chi connectivity index (χ0n) is 28.5. The molecule has 10 heteroatoms. The van der Waals surface area contributed by atoms with Gasteiger partial charge in [0, 0.05) is 51.6 Å². The molecule has 2 aromatic rings. The average Bonchev–Trinajstić information content (AvgIpc) is 3.72. The van der Waals surface area contributed by atoms with Crippen molar-refractivity contribution in [1.29, 1.82) is 0 Å². The van der Waals surface area contributed by atoms with Crippen molar-refractivity contribution in [3.8, 4) is 0 Å². The molecule has 2 aromatic heterocycles. The van der Waals surface area contributed by atoms with Crippen molar-refractivity contribution in [1.82, 2.24) is 15.3 Å². The van der Waals surface area contributed by atoms with Gasteiger partial charge in [0.05, 0.1) is 11.4 Å². The molecule has 0 bridgehead atoms. The summed E-state index contributed by atoms with van der Waals surface area (Å²) in [6.45, 7) is 22.5. The number of nitrogens with one attached hydrogen (secondary N) is 3. The number of carbonyl (C=O) groups excluding carboxylic acids is 4. The van der Waals surface area contributed by atoms with E-state index in [-0.39, 0.29) is 49.8 Å². The third-order valence-corrected chi connectivity index (χ3v) is 8.58. The third kappa shape index (κ3) is 8.03. The van der Waals surface area contributed by atoms with E-state index in [1.165, 1.54) is 18.2 Å². The van der Waals surface area contributed by atoms with Gasteiger partial charge in [0.2, 0.25) is 0 Å². The Labute approximate surface area is 285 Å². The Morgan fingerprint density at radius 2 is 1.33 bits per heavy atom. The molecule has 0 saturated carbocycles. The number of aromatic amines is 2. The standard InChI is InChI=1S/C39H42N4O6/c1-9-17-48-36(44)15-13-28-23(6)30(19-32-22(5)27(12-4)39(47)42-32)40-34(28)21-35-29(14-16-37(45)49-18-10-2)24(7)31(41-35)20-33-26(11-3)25(8)38(46)43-33/h9-12,19-21,40-41H,1-4,13-18H2,5-8H3,(H,43,46)/b30-19-,33-20-,34-21-. The van der Waals surface area contributed by atoms with Crippen molar-refractivity contribution in [2.45, 2.75) is 53.4 Å². The first-order valence-electron chi connectivity index (χ1n) is 15.9. The Hall–Kier alpha value is -5.77. The Bertz CT molecular complexity index is 2030. The summed E-state index contributed by atoms with van der Waals surface area (Å²) in [6.07, 6.45) is 12.8. The van der Waals surface area contributed by atoms with Crippen LogP contribution in [0, 0.1) is 13.8 Å². The second-order valence-electron chi connectivity index (χ2n) is 11.6. The Morgan fingerprint density at radius 3 is 1.90 bits per heavy atom. The number of rotatable bonds is 15. The second-order valence-corrected chi connectivity index (χ2v) is 11.6. The highest BCUT2D eigenvalue weighted by atomic mass is 16.5. The van der Waals surface area contributed by atoms with Crippen molar-refractivity contribution in [3.05, 3.63) is 123 Å². The Balaban J connectivity index is 1.89. The van der Waals surface area contributed by atoms with E-state index in [0.717, 1.165) is 49.9 Å². The summed E-state index contributed by atoms with van der Waals surface area (Å²) in [4.78, 5) is 61.0. The summed E-state index contributed by atoms with van der Waals surface area (Å²) >= 11 is 0. The van der Waals surface area contributed by atoms with Gasteiger partial charge < -0.3 is 24.8 Å². The number of hydrogen-bond acceptors (Lipinski definition) is 6. The van der Waals surface area contributed by atoms with Gasteiger partial charge in [-0.25, -0.2) is 4.99 Å². The normalized spacial score (nSPS) is 16.0. The lowest BCUT2D eigenvalue weighted by molar-refractivity contribution is -0.143. The van der Waals surface area contributed by atoms with E-state index in [1.807, 2.05) is 39.0 Å². The maximum Gasteiger partial charge on any atom is 0.306 e. The molecule has 49 heavy (non-hydrogen) atoms. The average molecular weight is 663 g/mol. The molecule has 0 saturated heterocycles. The Morgan fingerprint density at radius 1 is 0.714 bits per heavy atom. The summed E-state index contributed by atoms with van der Waals surface area (Å²) in [7, 11) is 0. The van der Waals surface area contributed by atoms with Crippen LogP contribution in [0.25, 0.3) is 18.2 Å². The molecular weight excluding hydrogens is 620 g/mol. The summed E-state index contributed by atoms with van der Waals surface area (Å²) in [5.41, 5.74) is 8.58. The van der Waals surface area contributed by atoms with Gasteiger partial charge in [-0.05, 0) is 86.6 Å². The van der Waals surface area contributed by atoms with E-state index in [0.29, 0.717) is 41.0 Å². The molecule has 2 aliphatic heterocycles. The number of H-pyrrole nitrogens is 2. The minimum absolute atomic E-state index is 0.120. The molecule has 254 valence electrons. The number of allylic oxidation sites excluding steroid dienone is 2. The summed E-state index contributed by atoms with van der Waals surface area (Å²) in [6, 6.07) is 0. The van der Waals surface area contributed by atoms with Crippen molar-refractivity contribution >= 4 is 47.7 Å². The van der Waals surface area contributed by atoms with Crippen LogP contribution in [0.2, 0.25) is 0 Å². The van der Waals surface area contributed by atoms with Crippen molar-refractivity contribution in [3.63, 3.8) is 0 Å². The first-order valence-corrected chi connectivity index (χ1v) is 15.9. The monoisotopic (exact) mass is 662 g/mol. The van der Waals surface area contributed by atoms with Crippen LogP contribution in [0.5, 0.6) is 0 Å². The number of aromatic nitrogens is 2. The van der Waals surface area contributed by atoms with Gasteiger partial charge in [-0.15, -0.1) is 0 Å². The van der Waals surface area contributed by atoms with E-state index >= 15 is 0 Å². The molecule has 4 rings (SSSR count). The molecule has 0 aliphatic carbocycles. The second kappa shape index (κ2) is 15.9. The number of esters is 2. The summed E-state index contributed by atoms with van der Waals surface area (Å²) in [5, 5.41) is 4.35. The highest BCUT2D eigenvalue weighted by molar-refractivity contribution is 6.31. The predicted octanol–water partition coefficient (Wildman–Crippen LogP) is 4.35. The quantitative estimate of drug-likeness (QED) is 0.191. The number of aliphatic imine (C=N–C) groups is 1. The molecule has 10 nitrogen and oxygen atoms in total. The van der Waals surface area contributed by atoms with Gasteiger partial charge in [0.25, 0.3) is 11.8 Å². The van der Waals surface area contributed by atoms with Crippen LogP contribution in [-0.2, 0) is 41.5 Å². The minimum atomic E-state index is -0.361.